The Labute approximate surface area is 86.7 Å². The first-order valence-electron chi connectivity index (χ1n) is 5.39. The molecular formula is C12H20N2. The maximum Gasteiger partial charge on any atom is 0.0850 e. The third-order valence-corrected chi connectivity index (χ3v) is 2.27. The molecule has 0 fully saturated rings. The van der Waals surface area contributed by atoms with Gasteiger partial charge in [-0.25, -0.2) is 0 Å². The monoisotopic (exact) mass is 192 g/mol. The van der Waals surface area contributed by atoms with E-state index >= 15 is 0 Å². The minimum atomic E-state index is 0.609. The summed E-state index contributed by atoms with van der Waals surface area (Å²) in [6.07, 6.45) is 0. The lowest BCUT2D eigenvalue weighted by Crippen LogP contribution is -1.99. The molecule has 2 N–H and O–H groups in total. The highest BCUT2D eigenvalue weighted by Gasteiger charge is 2.09. The molecule has 1 aromatic carbocycles. The number of nitrogens with one attached hydrogen (secondary N) is 2. The Morgan fingerprint density at radius 3 is 2.36 bits per heavy atom. The lowest BCUT2D eigenvalue weighted by atomic mass is 10.0. The predicted molar refractivity (Wildman–Crippen MR) is 64.0 cm³/mol. The van der Waals surface area contributed by atoms with Crippen molar-refractivity contribution in [1.82, 2.24) is 0 Å². The smallest absolute Gasteiger partial charge is 0.0850 e. The number of benzene rings is 1. The van der Waals surface area contributed by atoms with Crippen molar-refractivity contribution in [2.45, 2.75) is 33.6 Å². The zero-order valence-electron chi connectivity index (χ0n) is 9.52. The number of hydrogen-bond donors (Lipinski definition) is 2. The third-order valence-electron chi connectivity index (χ3n) is 2.27. The minimum absolute atomic E-state index is 0.609. The second-order valence-corrected chi connectivity index (χ2v) is 3.49. The minimum Gasteiger partial charge on any atom is -0.366 e. The zero-order chi connectivity index (χ0) is 10.6. The SMILES string of the molecule is CC.CC(C)c1ccc2c(c1)NCN2. The van der Waals surface area contributed by atoms with Crippen LogP contribution in [0.2, 0.25) is 0 Å². The van der Waals surface area contributed by atoms with Crippen LogP contribution in [0.4, 0.5) is 11.4 Å². The van der Waals surface area contributed by atoms with Crippen LogP contribution < -0.4 is 10.6 Å². The number of hydrogen-bond acceptors (Lipinski definition) is 2. The Kier molecular flexibility index (Phi) is 3.81. The van der Waals surface area contributed by atoms with E-state index in [9.17, 15) is 0 Å². The zero-order valence-corrected chi connectivity index (χ0v) is 9.52. The molecule has 0 radical (unpaired) electrons. The molecule has 1 aromatic rings. The molecule has 0 atom stereocenters. The van der Waals surface area contributed by atoms with Gasteiger partial charge in [-0.3, -0.25) is 0 Å². The Morgan fingerprint density at radius 1 is 1.07 bits per heavy atom. The predicted octanol–water partition coefficient (Wildman–Crippen LogP) is 3.63. The van der Waals surface area contributed by atoms with E-state index in [0.29, 0.717) is 5.92 Å². The molecule has 1 heterocycles. The highest BCUT2D eigenvalue weighted by molar-refractivity contribution is 5.73. The van der Waals surface area contributed by atoms with Crippen LogP contribution in [0.3, 0.4) is 0 Å². The van der Waals surface area contributed by atoms with Crippen molar-refractivity contribution in [3.8, 4) is 0 Å². The molecule has 0 spiro atoms. The molecule has 0 aliphatic carbocycles. The Bertz CT molecular complexity index is 292. The summed E-state index contributed by atoms with van der Waals surface area (Å²) < 4.78 is 0. The van der Waals surface area contributed by atoms with E-state index in [4.69, 9.17) is 0 Å². The van der Waals surface area contributed by atoms with Crippen molar-refractivity contribution < 1.29 is 0 Å². The highest BCUT2D eigenvalue weighted by Crippen LogP contribution is 2.29. The standard InChI is InChI=1S/C10H14N2.C2H6/c1-7(2)8-3-4-9-10(5-8)12-6-11-9;1-2/h3-5,7,11-12H,6H2,1-2H3;1-2H3. The van der Waals surface area contributed by atoms with Crippen molar-refractivity contribution in [3.63, 3.8) is 0 Å². The van der Waals surface area contributed by atoms with E-state index in [1.807, 2.05) is 13.8 Å². The van der Waals surface area contributed by atoms with Crippen molar-refractivity contribution in [3.05, 3.63) is 23.8 Å². The molecule has 78 valence electrons. The summed E-state index contributed by atoms with van der Waals surface area (Å²) in [4.78, 5) is 0. The van der Waals surface area contributed by atoms with Gasteiger partial charge in [0.05, 0.1) is 18.0 Å². The van der Waals surface area contributed by atoms with Crippen LogP contribution in [0.15, 0.2) is 18.2 Å². The first-order chi connectivity index (χ1) is 6.77. The maximum atomic E-state index is 3.28. The van der Waals surface area contributed by atoms with Crippen LogP contribution in [0.5, 0.6) is 0 Å². The molecule has 0 aromatic heterocycles. The molecule has 0 saturated carbocycles. The van der Waals surface area contributed by atoms with Gasteiger partial charge in [0.2, 0.25) is 0 Å². The van der Waals surface area contributed by atoms with Crippen LogP contribution in [0, 0.1) is 0 Å². The fourth-order valence-electron chi connectivity index (χ4n) is 1.46. The summed E-state index contributed by atoms with van der Waals surface area (Å²) >= 11 is 0. The quantitative estimate of drug-likeness (QED) is 0.710. The van der Waals surface area contributed by atoms with Gasteiger partial charge < -0.3 is 10.6 Å². The first-order valence-corrected chi connectivity index (χ1v) is 5.39. The van der Waals surface area contributed by atoms with E-state index in [2.05, 4.69) is 42.7 Å². The highest BCUT2D eigenvalue weighted by atomic mass is 15.1. The average molecular weight is 192 g/mol. The molecule has 0 saturated heterocycles. The van der Waals surface area contributed by atoms with Gasteiger partial charge in [-0.05, 0) is 23.6 Å². The second kappa shape index (κ2) is 4.89. The summed E-state index contributed by atoms with van der Waals surface area (Å²) in [5.41, 5.74) is 3.85. The molecule has 14 heavy (non-hydrogen) atoms. The van der Waals surface area contributed by atoms with Gasteiger partial charge in [-0.15, -0.1) is 0 Å². The van der Waals surface area contributed by atoms with Gasteiger partial charge in [-0.2, -0.15) is 0 Å². The van der Waals surface area contributed by atoms with Crippen molar-refractivity contribution >= 4 is 11.4 Å². The van der Waals surface area contributed by atoms with Crippen LogP contribution in [-0.2, 0) is 0 Å². The summed E-state index contributed by atoms with van der Waals surface area (Å²) in [5, 5.41) is 6.54. The van der Waals surface area contributed by atoms with E-state index in [1.165, 1.54) is 16.9 Å². The van der Waals surface area contributed by atoms with Gasteiger partial charge in [0.25, 0.3) is 0 Å². The fourth-order valence-corrected chi connectivity index (χ4v) is 1.46. The largest absolute Gasteiger partial charge is 0.366 e. The molecule has 0 amide bonds. The first kappa shape index (κ1) is 10.9. The van der Waals surface area contributed by atoms with Crippen molar-refractivity contribution in [2.75, 3.05) is 17.3 Å². The molecule has 2 heteroatoms. The summed E-state index contributed by atoms with van der Waals surface area (Å²) in [6.45, 7) is 9.28. The summed E-state index contributed by atoms with van der Waals surface area (Å²) in [5.74, 6) is 0.609. The second-order valence-electron chi connectivity index (χ2n) is 3.49. The Balaban J connectivity index is 0.000000461. The molecule has 1 aliphatic rings. The lowest BCUT2D eigenvalue weighted by molar-refractivity contribution is 0.867. The van der Waals surface area contributed by atoms with Crippen LogP contribution in [0.25, 0.3) is 0 Å². The molecule has 0 unspecified atom stereocenters. The fraction of sp³-hybridized carbons (Fsp3) is 0.500. The van der Waals surface area contributed by atoms with Gasteiger partial charge in [0.15, 0.2) is 0 Å². The molecule has 2 rings (SSSR count). The van der Waals surface area contributed by atoms with Gasteiger partial charge in [-0.1, -0.05) is 33.8 Å². The summed E-state index contributed by atoms with van der Waals surface area (Å²) in [7, 11) is 0. The van der Waals surface area contributed by atoms with E-state index in [1.54, 1.807) is 0 Å². The van der Waals surface area contributed by atoms with Gasteiger partial charge >= 0.3 is 0 Å². The number of fused-ring (bicyclic) bond motifs is 1. The topological polar surface area (TPSA) is 24.1 Å². The summed E-state index contributed by atoms with van der Waals surface area (Å²) in [6, 6.07) is 6.55. The third kappa shape index (κ3) is 2.19. The average Bonchev–Trinajstić information content (AvgIpc) is 2.67. The Hall–Kier alpha value is -1.18. The number of anilines is 2. The van der Waals surface area contributed by atoms with E-state index in [-0.39, 0.29) is 0 Å². The maximum absolute atomic E-state index is 3.28. The molecule has 1 aliphatic heterocycles. The van der Waals surface area contributed by atoms with Crippen molar-refractivity contribution in [2.24, 2.45) is 0 Å². The Morgan fingerprint density at radius 2 is 1.71 bits per heavy atom. The van der Waals surface area contributed by atoms with E-state index in [0.717, 1.165) is 6.67 Å². The molecule has 0 bridgehead atoms. The van der Waals surface area contributed by atoms with Gasteiger partial charge in [0.1, 0.15) is 0 Å². The normalized spacial score (nSPS) is 12.4. The van der Waals surface area contributed by atoms with Crippen molar-refractivity contribution in [1.29, 1.82) is 0 Å². The number of rotatable bonds is 1. The lowest BCUT2D eigenvalue weighted by Gasteiger charge is -2.06. The van der Waals surface area contributed by atoms with E-state index < -0.39 is 0 Å². The molecular weight excluding hydrogens is 172 g/mol. The van der Waals surface area contributed by atoms with Gasteiger partial charge in [0, 0.05) is 0 Å². The van der Waals surface area contributed by atoms with Crippen LogP contribution in [0.1, 0.15) is 39.2 Å². The van der Waals surface area contributed by atoms with Crippen LogP contribution >= 0.6 is 0 Å². The molecule has 2 nitrogen and oxygen atoms in total. The van der Waals surface area contributed by atoms with Crippen LogP contribution in [-0.4, -0.2) is 6.67 Å².